The molecule has 2 aliphatic rings. The molecule has 0 unspecified atom stereocenters. The minimum Gasteiger partial charge on any atom is -0.494 e. The van der Waals surface area contributed by atoms with Gasteiger partial charge in [0, 0.05) is 37.7 Å². The van der Waals surface area contributed by atoms with Gasteiger partial charge < -0.3 is 26.0 Å². The van der Waals surface area contributed by atoms with E-state index in [0.717, 1.165) is 43.6 Å². The van der Waals surface area contributed by atoms with Gasteiger partial charge in [-0.1, -0.05) is 43.0 Å². The third-order valence-corrected chi connectivity index (χ3v) is 7.85. The van der Waals surface area contributed by atoms with Crippen LogP contribution in [0.2, 0.25) is 0 Å². The molecule has 6 rings (SSSR count). The van der Waals surface area contributed by atoms with Gasteiger partial charge in [-0.05, 0) is 47.4 Å². The largest absolute Gasteiger partial charge is 0.494 e. The van der Waals surface area contributed by atoms with Crippen LogP contribution in [0.3, 0.4) is 0 Å². The van der Waals surface area contributed by atoms with Gasteiger partial charge in [-0.2, -0.15) is 0 Å². The first kappa shape index (κ1) is 27.5. The first-order chi connectivity index (χ1) is 20.5. The normalized spacial score (nSPS) is 17.3. The fraction of sp³-hybridized carbons (Fsp3) is 0.281. The van der Waals surface area contributed by atoms with Crippen LogP contribution in [0.1, 0.15) is 30.9 Å². The van der Waals surface area contributed by atoms with Crippen molar-refractivity contribution >= 4 is 45.4 Å². The number of piperidine rings is 1. The Kier molecular flexibility index (Phi) is 7.89. The zero-order chi connectivity index (χ0) is 29.1. The lowest BCUT2D eigenvalue weighted by Crippen LogP contribution is -2.40. The van der Waals surface area contributed by atoms with E-state index >= 15 is 0 Å². The van der Waals surface area contributed by atoms with Crippen LogP contribution >= 0.6 is 0 Å². The number of carbonyl (C=O) groups excluding carboxylic acids is 1. The third-order valence-electron chi connectivity index (χ3n) is 7.85. The maximum atomic E-state index is 12.3. The van der Waals surface area contributed by atoms with E-state index < -0.39 is 0 Å². The molecule has 2 aliphatic heterocycles. The molecule has 0 bridgehead atoms. The van der Waals surface area contributed by atoms with Gasteiger partial charge in [-0.15, -0.1) is 0 Å². The molecule has 0 saturated carbocycles. The molecule has 0 radical (unpaired) electrons. The minimum absolute atomic E-state index is 0.0181. The number of methoxy groups -OCH3 is 1. The highest BCUT2D eigenvalue weighted by Gasteiger charge is 2.29. The predicted octanol–water partition coefficient (Wildman–Crippen LogP) is 5.32. The summed E-state index contributed by atoms with van der Waals surface area (Å²) in [5.41, 5.74) is 9.46. The van der Waals surface area contributed by atoms with Gasteiger partial charge in [0.25, 0.3) is 0 Å². The first-order valence-corrected chi connectivity index (χ1v) is 14.2. The summed E-state index contributed by atoms with van der Waals surface area (Å²) in [7, 11) is 1.62. The molecule has 1 aromatic heterocycles. The second kappa shape index (κ2) is 12.1. The number of rotatable bonds is 8. The number of benzene rings is 3. The van der Waals surface area contributed by atoms with Crippen LogP contribution in [-0.2, 0) is 9.63 Å². The Morgan fingerprint density at radius 3 is 2.64 bits per heavy atom. The molecular formula is C32H35N7O3. The number of carbonyl (C=O) groups is 1. The SMILES string of the molecule is C=CC(=O)Nc1cc(Nc2cc(N3OCC[C@@H]3c3ccc4ccccc4c3)ncn2)c(OC)cc1N1CCC(N)CC1. The summed E-state index contributed by atoms with van der Waals surface area (Å²) in [5, 5.41) is 10.6. The van der Waals surface area contributed by atoms with Crippen molar-refractivity contribution in [2.75, 3.05) is 47.4 Å². The Morgan fingerprint density at radius 2 is 1.86 bits per heavy atom. The fourth-order valence-corrected chi connectivity index (χ4v) is 5.61. The number of nitrogens with two attached hydrogens (primary N) is 1. The van der Waals surface area contributed by atoms with Crippen LogP contribution in [0.15, 0.2) is 79.6 Å². The molecular weight excluding hydrogens is 530 g/mol. The van der Waals surface area contributed by atoms with Crippen molar-refractivity contribution in [2.45, 2.75) is 31.3 Å². The van der Waals surface area contributed by atoms with Crippen molar-refractivity contribution in [3.63, 3.8) is 0 Å². The number of ether oxygens (including phenoxy) is 1. The van der Waals surface area contributed by atoms with E-state index in [-0.39, 0.29) is 18.0 Å². The van der Waals surface area contributed by atoms with Gasteiger partial charge in [-0.3, -0.25) is 9.63 Å². The number of nitrogens with zero attached hydrogens (tertiary/aromatic N) is 4. The second-order valence-corrected chi connectivity index (χ2v) is 10.5. The van der Waals surface area contributed by atoms with E-state index in [4.69, 9.17) is 15.3 Å². The highest BCUT2D eigenvalue weighted by atomic mass is 16.7. The lowest BCUT2D eigenvalue weighted by Gasteiger charge is -2.33. The molecule has 0 aliphatic carbocycles. The zero-order valence-corrected chi connectivity index (χ0v) is 23.6. The summed E-state index contributed by atoms with van der Waals surface area (Å²) in [6.45, 7) is 5.78. The maximum absolute atomic E-state index is 12.3. The Morgan fingerprint density at radius 1 is 1.05 bits per heavy atom. The van der Waals surface area contributed by atoms with Crippen LogP contribution in [0.4, 0.5) is 28.7 Å². The predicted molar refractivity (Wildman–Crippen MR) is 166 cm³/mol. The van der Waals surface area contributed by atoms with Crippen molar-refractivity contribution in [3.05, 3.63) is 85.2 Å². The number of amides is 1. The van der Waals surface area contributed by atoms with E-state index in [9.17, 15) is 4.79 Å². The van der Waals surface area contributed by atoms with Crippen molar-refractivity contribution in [2.24, 2.45) is 5.73 Å². The van der Waals surface area contributed by atoms with Gasteiger partial charge in [0.05, 0.1) is 36.8 Å². The standard InChI is InChI=1S/C32H35N7O3/c1-3-32(40)37-25-17-26(29(41-2)18-28(25)38-13-10-24(33)11-14-38)36-30-19-31(35-20-34-30)39-27(12-15-42-39)23-9-8-21-6-4-5-7-22(21)16-23/h3-9,16-20,24,27H,1,10-15,33H2,2H3,(H,37,40)(H,34,35,36)/t27-/m1/s1. The van der Waals surface area contributed by atoms with E-state index in [1.807, 2.05) is 29.3 Å². The molecule has 4 N–H and O–H groups in total. The number of anilines is 5. The van der Waals surface area contributed by atoms with Crippen molar-refractivity contribution < 1.29 is 14.4 Å². The molecule has 1 amide bonds. The summed E-state index contributed by atoms with van der Waals surface area (Å²) in [6, 6.07) is 20.7. The number of nitrogens with one attached hydrogen (secondary N) is 2. The molecule has 3 heterocycles. The van der Waals surface area contributed by atoms with Gasteiger partial charge in [0.1, 0.15) is 17.9 Å². The van der Waals surface area contributed by atoms with E-state index in [1.54, 1.807) is 7.11 Å². The summed E-state index contributed by atoms with van der Waals surface area (Å²) < 4.78 is 5.77. The quantitative estimate of drug-likeness (QED) is 0.244. The van der Waals surface area contributed by atoms with Gasteiger partial charge >= 0.3 is 0 Å². The molecule has 1 atom stereocenters. The smallest absolute Gasteiger partial charge is 0.247 e. The van der Waals surface area contributed by atoms with E-state index in [0.29, 0.717) is 35.4 Å². The van der Waals surface area contributed by atoms with Crippen molar-refractivity contribution in [1.82, 2.24) is 9.97 Å². The van der Waals surface area contributed by atoms with E-state index in [1.165, 1.54) is 23.2 Å². The highest BCUT2D eigenvalue weighted by molar-refractivity contribution is 6.02. The van der Waals surface area contributed by atoms with Gasteiger partial charge in [0.15, 0.2) is 5.82 Å². The number of hydrogen-bond acceptors (Lipinski definition) is 9. The molecule has 10 heteroatoms. The third kappa shape index (κ3) is 5.72. The number of hydroxylamine groups is 1. The monoisotopic (exact) mass is 565 g/mol. The lowest BCUT2D eigenvalue weighted by atomic mass is 10.0. The average molecular weight is 566 g/mol. The molecule has 10 nitrogen and oxygen atoms in total. The maximum Gasteiger partial charge on any atom is 0.247 e. The van der Waals surface area contributed by atoms with Crippen LogP contribution in [0.25, 0.3) is 10.8 Å². The number of fused-ring (bicyclic) bond motifs is 1. The summed E-state index contributed by atoms with van der Waals surface area (Å²) in [5.74, 6) is 1.52. The summed E-state index contributed by atoms with van der Waals surface area (Å²) >= 11 is 0. The molecule has 0 spiro atoms. The summed E-state index contributed by atoms with van der Waals surface area (Å²) in [6.07, 6.45) is 5.36. The molecule has 4 aromatic rings. The van der Waals surface area contributed by atoms with Crippen LogP contribution in [0, 0.1) is 0 Å². The van der Waals surface area contributed by atoms with Crippen LogP contribution < -0.4 is 31.1 Å². The molecule has 2 fully saturated rings. The van der Waals surface area contributed by atoms with Gasteiger partial charge in [0.2, 0.25) is 5.91 Å². The van der Waals surface area contributed by atoms with Crippen molar-refractivity contribution in [1.29, 1.82) is 0 Å². The Bertz CT molecular complexity index is 1600. The van der Waals surface area contributed by atoms with Gasteiger partial charge in [-0.25, -0.2) is 15.0 Å². The molecule has 3 aromatic carbocycles. The van der Waals surface area contributed by atoms with Crippen molar-refractivity contribution in [3.8, 4) is 5.75 Å². The Balaban J connectivity index is 1.29. The Labute approximate surface area is 245 Å². The fourth-order valence-electron chi connectivity index (χ4n) is 5.61. The zero-order valence-electron chi connectivity index (χ0n) is 23.6. The lowest BCUT2D eigenvalue weighted by molar-refractivity contribution is -0.111. The van der Waals surface area contributed by atoms with E-state index in [2.05, 4.69) is 68.5 Å². The average Bonchev–Trinajstić information content (AvgIpc) is 3.52. The molecule has 2 saturated heterocycles. The summed E-state index contributed by atoms with van der Waals surface area (Å²) in [4.78, 5) is 29.6. The first-order valence-electron chi connectivity index (χ1n) is 14.2. The minimum atomic E-state index is -0.295. The Hall–Kier alpha value is -4.67. The van der Waals surface area contributed by atoms with Crippen LogP contribution in [0.5, 0.6) is 5.75 Å². The number of aromatic nitrogens is 2. The molecule has 216 valence electrons. The number of hydrogen-bond donors (Lipinski definition) is 3. The topological polar surface area (TPSA) is 118 Å². The molecule has 42 heavy (non-hydrogen) atoms. The second-order valence-electron chi connectivity index (χ2n) is 10.5. The highest BCUT2D eigenvalue weighted by Crippen LogP contribution is 2.40. The van der Waals surface area contributed by atoms with Crippen LogP contribution in [-0.4, -0.2) is 48.7 Å².